The van der Waals surface area contributed by atoms with Crippen LogP contribution in [-0.4, -0.2) is 12.5 Å². The molecule has 28 heavy (non-hydrogen) atoms. The van der Waals surface area contributed by atoms with Crippen LogP contribution in [0, 0.1) is 12.1 Å². The van der Waals surface area contributed by atoms with Gasteiger partial charge in [0.25, 0.3) is 5.91 Å². The van der Waals surface area contributed by atoms with Crippen LogP contribution in [0.4, 0.5) is 5.69 Å². The molecule has 1 aromatic heterocycles. The van der Waals surface area contributed by atoms with Crippen molar-refractivity contribution in [2.75, 3.05) is 11.9 Å². The summed E-state index contributed by atoms with van der Waals surface area (Å²) < 4.78 is 6.73. The van der Waals surface area contributed by atoms with Gasteiger partial charge >= 0.3 is 0 Å². The topological polar surface area (TPSA) is 65.3 Å². The first-order valence-corrected chi connectivity index (χ1v) is 10.3. The van der Waals surface area contributed by atoms with Gasteiger partial charge in [-0.3, -0.25) is 4.79 Å². The van der Waals surface area contributed by atoms with E-state index >= 15 is 0 Å². The van der Waals surface area contributed by atoms with Gasteiger partial charge in [0.05, 0.1) is 6.61 Å². The van der Waals surface area contributed by atoms with Crippen molar-refractivity contribution < 1.29 is 14.3 Å². The SMILES string of the molecule is CCCOc1cc(C)[n+]([O-])c(CCC)c1C(=O)Nc1c(CC)cccc1CC. The molecule has 0 spiro atoms. The minimum atomic E-state index is -0.283. The van der Waals surface area contributed by atoms with Crippen LogP contribution in [-0.2, 0) is 19.3 Å². The van der Waals surface area contributed by atoms with E-state index in [2.05, 4.69) is 19.2 Å². The van der Waals surface area contributed by atoms with Crippen molar-refractivity contribution in [3.63, 3.8) is 0 Å². The van der Waals surface area contributed by atoms with Gasteiger partial charge in [0, 0.05) is 25.1 Å². The lowest BCUT2D eigenvalue weighted by Crippen LogP contribution is -2.38. The average Bonchev–Trinajstić information content (AvgIpc) is 2.70. The Kier molecular flexibility index (Phi) is 7.85. The Labute approximate surface area is 168 Å². The molecule has 2 aromatic rings. The van der Waals surface area contributed by atoms with Gasteiger partial charge in [0.1, 0.15) is 11.3 Å². The minimum absolute atomic E-state index is 0.283. The molecule has 0 radical (unpaired) electrons. The predicted molar refractivity (Wildman–Crippen MR) is 113 cm³/mol. The standard InChI is InChI=1S/C23H32N2O3/c1-6-11-19-21(20(28-14-7-2)15-16(5)25(19)27)23(26)24-22-17(8-3)12-10-13-18(22)9-4/h10,12-13,15H,6-9,11,14H2,1-5H3,(H,24,26). The fraction of sp³-hybridized carbons (Fsp3) is 0.478. The number of aryl methyl sites for hydroxylation is 3. The van der Waals surface area contributed by atoms with E-state index in [9.17, 15) is 10.0 Å². The zero-order chi connectivity index (χ0) is 20.7. The van der Waals surface area contributed by atoms with Gasteiger partial charge in [0.2, 0.25) is 5.69 Å². The third kappa shape index (κ3) is 4.64. The molecule has 0 bridgehead atoms. The van der Waals surface area contributed by atoms with Crippen LogP contribution in [0.2, 0.25) is 0 Å². The predicted octanol–water partition coefficient (Wildman–Crippen LogP) is 4.75. The molecule has 0 aliphatic carbocycles. The van der Waals surface area contributed by atoms with Crippen molar-refractivity contribution in [1.29, 1.82) is 0 Å². The fourth-order valence-electron chi connectivity index (χ4n) is 3.39. The number of ether oxygens (including phenoxy) is 1. The first kappa shape index (κ1) is 21.7. The maximum absolute atomic E-state index is 13.4. The zero-order valence-corrected chi connectivity index (χ0v) is 17.7. The average molecular weight is 385 g/mol. The lowest BCUT2D eigenvalue weighted by atomic mass is 10.0. The second-order valence-electron chi connectivity index (χ2n) is 6.98. The number of carbonyl (C=O) groups is 1. The van der Waals surface area contributed by atoms with Gasteiger partial charge < -0.3 is 15.3 Å². The Balaban J connectivity index is 2.56. The minimum Gasteiger partial charge on any atom is -0.618 e. The molecule has 0 unspecified atom stereocenters. The van der Waals surface area contributed by atoms with E-state index in [1.165, 1.54) is 0 Å². The van der Waals surface area contributed by atoms with Crippen molar-refractivity contribution in [1.82, 2.24) is 0 Å². The summed E-state index contributed by atoms with van der Waals surface area (Å²) in [6, 6.07) is 7.74. The number of aromatic nitrogens is 1. The van der Waals surface area contributed by atoms with E-state index in [0.717, 1.165) is 47.2 Å². The smallest absolute Gasteiger partial charge is 0.265 e. The molecule has 0 saturated heterocycles. The highest BCUT2D eigenvalue weighted by Crippen LogP contribution is 2.27. The van der Waals surface area contributed by atoms with Crippen molar-refractivity contribution >= 4 is 11.6 Å². The van der Waals surface area contributed by atoms with E-state index < -0.39 is 0 Å². The monoisotopic (exact) mass is 384 g/mol. The molecule has 152 valence electrons. The third-order valence-electron chi connectivity index (χ3n) is 4.85. The lowest BCUT2D eigenvalue weighted by Gasteiger charge is -2.18. The Morgan fingerprint density at radius 2 is 1.75 bits per heavy atom. The zero-order valence-electron chi connectivity index (χ0n) is 17.7. The first-order chi connectivity index (χ1) is 13.5. The Hall–Kier alpha value is -2.56. The molecule has 2 rings (SSSR count). The van der Waals surface area contributed by atoms with Gasteiger partial charge in [0.15, 0.2) is 5.69 Å². The summed E-state index contributed by atoms with van der Waals surface area (Å²) in [5, 5.41) is 15.8. The number of carbonyl (C=O) groups excluding carboxylic acids is 1. The number of anilines is 1. The quantitative estimate of drug-likeness (QED) is 0.501. The number of nitrogens with one attached hydrogen (secondary N) is 1. The van der Waals surface area contributed by atoms with Crippen LogP contribution in [0.1, 0.15) is 73.4 Å². The molecule has 5 nitrogen and oxygen atoms in total. The molecule has 5 heteroatoms. The summed E-state index contributed by atoms with van der Waals surface area (Å²) in [6.45, 7) is 10.4. The largest absolute Gasteiger partial charge is 0.618 e. The highest BCUT2D eigenvalue weighted by Gasteiger charge is 2.27. The van der Waals surface area contributed by atoms with Crippen molar-refractivity contribution in [3.8, 4) is 5.75 Å². The number of para-hydroxylation sites is 1. The third-order valence-corrected chi connectivity index (χ3v) is 4.85. The van der Waals surface area contributed by atoms with Gasteiger partial charge in [-0.2, -0.15) is 4.73 Å². The van der Waals surface area contributed by atoms with Crippen molar-refractivity contribution in [3.05, 3.63) is 57.6 Å². The number of amides is 1. The molecule has 1 N–H and O–H groups in total. The normalized spacial score (nSPS) is 10.8. The van der Waals surface area contributed by atoms with Crippen LogP contribution >= 0.6 is 0 Å². The maximum atomic E-state index is 13.4. The number of benzene rings is 1. The molecular formula is C23H32N2O3. The fourth-order valence-corrected chi connectivity index (χ4v) is 3.39. The second kappa shape index (κ2) is 10.1. The molecular weight excluding hydrogens is 352 g/mol. The van der Waals surface area contributed by atoms with Gasteiger partial charge in [-0.25, -0.2) is 0 Å². The summed E-state index contributed by atoms with van der Waals surface area (Å²) in [5.41, 5.74) is 4.38. The van der Waals surface area contributed by atoms with Crippen LogP contribution in [0.5, 0.6) is 5.75 Å². The molecule has 0 fully saturated rings. The Bertz CT molecular complexity index is 809. The summed E-state index contributed by atoms with van der Waals surface area (Å²) in [6.07, 6.45) is 3.76. The van der Waals surface area contributed by atoms with Crippen molar-refractivity contribution in [2.45, 2.75) is 66.7 Å². The first-order valence-electron chi connectivity index (χ1n) is 10.3. The van der Waals surface area contributed by atoms with E-state index in [-0.39, 0.29) is 5.91 Å². The lowest BCUT2D eigenvalue weighted by molar-refractivity contribution is -0.621. The van der Waals surface area contributed by atoms with E-state index in [1.54, 1.807) is 13.0 Å². The van der Waals surface area contributed by atoms with E-state index in [0.29, 0.717) is 35.7 Å². The number of rotatable bonds is 9. The number of hydrogen-bond donors (Lipinski definition) is 1. The van der Waals surface area contributed by atoms with Crippen LogP contribution in [0.25, 0.3) is 0 Å². The summed E-state index contributed by atoms with van der Waals surface area (Å²) in [5.74, 6) is 0.203. The number of nitrogens with zero attached hydrogens (tertiary/aromatic N) is 1. The highest BCUT2D eigenvalue weighted by molar-refractivity contribution is 6.07. The molecule has 0 aliphatic heterocycles. The van der Waals surface area contributed by atoms with Crippen LogP contribution in [0.15, 0.2) is 24.3 Å². The van der Waals surface area contributed by atoms with Gasteiger partial charge in [-0.15, -0.1) is 0 Å². The second-order valence-corrected chi connectivity index (χ2v) is 6.98. The number of pyridine rings is 1. The van der Waals surface area contributed by atoms with Crippen LogP contribution in [0.3, 0.4) is 0 Å². The summed E-state index contributed by atoms with van der Waals surface area (Å²) >= 11 is 0. The maximum Gasteiger partial charge on any atom is 0.265 e. The molecule has 1 heterocycles. The number of hydrogen-bond acceptors (Lipinski definition) is 3. The Morgan fingerprint density at radius 3 is 2.29 bits per heavy atom. The molecule has 1 amide bonds. The Morgan fingerprint density at radius 1 is 1.11 bits per heavy atom. The molecule has 1 aromatic carbocycles. The summed E-state index contributed by atoms with van der Waals surface area (Å²) in [4.78, 5) is 13.4. The highest BCUT2D eigenvalue weighted by atomic mass is 16.5. The van der Waals surface area contributed by atoms with Crippen LogP contribution < -0.4 is 14.8 Å². The van der Waals surface area contributed by atoms with E-state index in [4.69, 9.17) is 4.74 Å². The molecule has 0 saturated carbocycles. The van der Waals surface area contributed by atoms with Crippen molar-refractivity contribution in [2.24, 2.45) is 0 Å². The molecule has 0 atom stereocenters. The van der Waals surface area contributed by atoms with E-state index in [1.807, 2.05) is 32.0 Å². The summed E-state index contributed by atoms with van der Waals surface area (Å²) in [7, 11) is 0. The van der Waals surface area contributed by atoms with Gasteiger partial charge in [-0.1, -0.05) is 45.9 Å². The molecule has 0 aliphatic rings. The van der Waals surface area contributed by atoms with Gasteiger partial charge in [-0.05, 0) is 36.8 Å².